The van der Waals surface area contributed by atoms with Crippen LogP contribution < -0.4 is 9.30 Å². The summed E-state index contributed by atoms with van der Waals surface area (Å²) in [5.41, 5.74) is 1.29. The van der Waals surface area contributed by atoms with Crippen molar-refractivity contribution >= 4 is 0 Å². The summed E-state index contributed by atoms with van der Waals surface area (Å²) in [5.74, 6) is 1.35. The lowest BCUT2D eigenvalue weighted by atomic mass is 9.83. The number of ether oxygens (including phenoxy) is 1. The number of pyridine rings is 1. The molecule has 0 unspecified atom stereocenters. The maximum atomic E-state index is 8.99. The lowest BCUT2D eigenvalue weighted by molar-refractivity contribution is -0.688. The predicted octanol–water partition coefficient (Wildman–Crippen LogP) is 2.17. The number of benzene rings is 1. The van der Waals surface area contributed by atoms with Crippen LogP contribution in [0.4, 0.5) is 0 Å². The van der Waals surface area contributed by atoms with E-state index in [-0.39, 0.29) is 12.7 Å². The van der Waals surface area contributed by atoms with Gasteiger partial charge in [-0.1, -0.05) is 30.3 Å². The Balaban J connectivity index is 1.55. The van der Waals surface area contributed by atoms with Gasteiger partial charge in [0.25, 0.3) is 0 Å². The van der Waals surface area contributed by atoms with Gasteiger partial charge in [-0.3, -0.25) is 0 Å². The van der Waals surface area contributed by atoms with E-state index in [1.54, 1.807) is 0 Å². The van der Waals surface area contributed by atoms with Crippen LogP contribution >= 0.6 is 0 Å². The maximum absolute atomic E-state index is 8.99. The molecule has 1 aliphatic rings. The van der Waals surface area contributed by atoms with E-state index in [1.807, 2.05) is 30.6 Å². The molecular weight excluding hydrogens is 250 g/mol. The van der Waals surface area contributed by atoms with E-state index in [0.29, 0.717) is 5.92 Å². The third kappa shape index (κ3) is 3.17. The van der Waals surface area contributed by atoms with Crippen molar-refractivity contribution in [1.29, 1.82) is 0 Å². The molecule has 1 aliphatic carbocycles. The highest BCUT2D eigenvalue weighted by atomic mass is 16.5. The molecule has 0 saturated heterocycles. The van der Waals surface area contributed by atoms with Crippen molar-refractivity contribution in [2.45, 2.75) is 25.5 Å². The Hall–Kier alpha value is -1.87. The smallest absolute Gasteiger partial charge is 0.173 e. The summed E-state index contributed by atoms with van der Waals surface area (Å²) < 4.78 is 8.00. The van der Waals surface area contributed by atoms with Gasteiger partial charge in [-0.2, -0.15) is 0 Å². The number of hydrogen-bond donors (Lipinski definition) is 1. The van der Waals surface area contributed by atoms with Crippen LogP contribution in [0.1, 0.15) is 18.4 Å². The van der Waals surface area contributed by atoms with Crippen molar-refractivity contribution < 1.29 is 14.4 Å². The van der Waals surface area contributed by atoms with Gasteiger partial charge in [-0.15, -0.1) is 0 Å². The molecule has 1 aromatic carbocycles. The van der Waals surface area contributed by atoms with Crippen molar-refractivity contribution in [3.05, 3.63) is 60.4 Å². The summed E-state index contributed by atoms with van der Waals surface area (Å²) in [6.07, 6.45) is 6.30. The lowest BCUT2D eigenvalue weighted by Crippen LogP contribution is -2.36. The Labute approximate surface area is 119 Å². The molecule has 1 N–H and O–H groups in total. The van der Waals surface area contributed by atoms with Gasteiger partial charge in [-0.25, -0.2) is 4.57 Å². The first kappa shape index (κ1) is 13.1. The molecule has 0 atom stereocenters. The first-order valence-corrected chi connectivity index (χ1v) is 7.14. The third-order valence-corrected chi connectivity index (χ3v) is 3.82. The fourth-order valence-electron chi connectivity index (χ4n) is 2.53. The van der Waals surface area contributed by atoms with Gasteiger partial charge in [0.05, 0.1) is 6.10 Å². The number of aliphatic hydroxyl groups excluding tert-OH is 1. The Morgan fingerprint density at radius 1 is 1.05 bits per heavy atom. The highest BCUT2D eigenvalue weighted by Crippen LogP contribution is 2.30. The van der Waals surface area contributed by atoms with Crippen LogP contribution in [-0.4, -0.2) is 17.8 Å². The fourth-order valence-corrected chi connectivity index (χ4v) is 2.53. The second-order valence-corrected chi connectivity index (χ2v) is 5.45. The second kappa shape index (κ2) is 6.06. The van der Waals surface area contributed by atoms with Crippen LogP contribution in [0.15, 0.2) is 54.9 Å². The van der Waals surface area contributed by atoms with E-state index in [4.69, 9.17) is 9.84 Å². The summed E-state index contributed by atoms with van der Waals surface area (Å²) in [5, 5.41) is 8.99. The van der Waals surface area contributed by atoms with Gasteiger partial charge in [0.15, 0.2) is 18.9 Å². The molecule has 3 rings (SSSR count). The number of aromatic nitrogens is 1. The fraction of sp³-hybridized carbons (Fsp3) is 0.353. The lowest BCUT2D eigenvalue weighted by Gasteiger charge is -2.33. The van der Waals surface area contributed by atoms with Crippen LogP contribution in [0.5, 0.6) is 5.75 Å². The topological polar surface area (TPSA) is 33.3 Å². The predicted molar refractivity (Wildman–Crippen MR) is 76.4 cm³/mol. The van der Waals surface area contributed by atoms with E-state index >= 15 is 0 Å². The Bertz CT molecular complexity index is 533. The van der Waals surface area contributed by atoms with Gasteiger partial charge in [0.2, 0.25) is 0 Å². The quantitative estimate of drug-likeness (QED) is 0.845. The largest absolute Gasteiger partial charge is 0.490 e. The molecule has 1 aromatic heterocycles. The van der Waals surface area contributed by atoms with Gasteiger partial charge in [0, 0.05) is 24.3 Å². The minimum atomic E-state index is 0.275. The first-order chi connectivity index (χ1) is 9.83. The SMILES string of the molecule is OCC1CC(Oc2cc[n+](Cc3ccccc3)cc2)C1. The van der Waals surface area contributed by atoms with E-state index in [9.17, 15) is 0 Å². The minimum absolute atomic E-state index is 0.275. The molecule has 1 heterocycles. The third-order valence-electron chi connectivity index (χ3n) is 3.82. The zero-order valence-corrected chi connectivity index (χ0v) is 11.5. The molecule has 0 bridgehead atoms. The van der Waals surface area contributed by atoms with Crippen LogP contribution in [0.25, 0.3) is 0 Å². The van der Waals surface area contributed by atoms with Crippen LogP contribution in [0.2, 0.25) is 0 Å². The average Bonchev–Trinajstić information content (AvgIpc) is 2.45. The molecule has 0 radical (unpaired) electrons. The zero-order valence-electron chi connectivity index (χ0n) is 11.5. The summed E-state index contributed by atoms with van der Waals surface area (Å²) in [6.45, 7) is 1.16. The number of rotatable bonds is 5. The Morgan fingerprint density at radius 3 is 2.40 bits per heavy atom. The van der Waals surface area contributed by atoms with E-state index in [2.05, 4.69) is 28.8 Å². The monoisotopic (exact) mass is 270 g/mol. The van der Waals surface area contributed by atoms with Crippen molar-refractivity contribution in [1.82, 2.24) is 0 Å². The number of aliphatic hydroxyl groups is 1. The molecule has 0 aliphatic heterocycles. The summed E-state index contributed by atoms with van der Waals surface area (Å²) in [4.78, 5) is 0. The Kier molecular flexibility index (Phi) is 3.97. The van der Waals surface area contributed by atoms with Gasteiger partial charge in [-0.05, 0) is 18.8 Å². The Morgan fingerprint density at radius 2 is 1.75 bits per heavy atom. The number of nitrogens with zero attached hydrogens (tertiary/aromatic N) is 1. The molecule has 2 aromatic rings. The van der Waals surface area contributed by atoms with Gasteiger partial charge >= 0.3 is 0 Å². The van der Waals surface area contributed by atoms with Crippen molar-refractivity contribution in [3.63, 3.8) is 0 Å². The highest BCUT2D eigenvalue weighted by molar-refractivity contribution is 5.17. The molecule has 0 amide bonds. The summed E-state index contributed by atoms with van der Waals surface area (Å²) in [7, 11) is 0. The maximum Gasteiger partial charge on any atom is 0.173 e. The van der Waals surface area contributed by atoms with Gasteiger partial charge < -0.3 is 9.84 Å². The van der Waals surface area contributed by atoms with Crippen molar-refractivity contribution in [3.8, 4) is 5.75 Å². The molecule has 3 heteroatoms. The summed E-state index contributed by atoms with van der Waals surface area (Å²) >= 11 is 0. The van der Waals surface area contributed by atoms with Crippen LogP contribution in [-0.2, 0) is 6.54 Å². The van der Waals surface area contributed by atoms with Crippen LogP contribution in [0.3, 0.4) is 0 Å². The van der Waals surface area contributed by atoms with Gasteiger partial charge in [0.1, 0.15) is 5.75 Å². The van der Waals surface area contributed by atoms with E-state index in [1.165, 1.54) is 5.56 Å². The van der Waals surface area contributed by atoms with E-state index < -0.39 is 0 Å². The minimum Gasteiger partial charge on any atom is -0.490 e. The van der Waals surface area contributed by atoms with Crippen LogP contribution in [0, 0.1) is 5.92 Å². The normalized spacial score (nSPS) is 21.2. The molecule has 104 valence electrons. The van der Waals surface area contributed by atoms with Crippen molar-refractivity contribution in [2.75, 3.05) is 6.61 Å². The second-order valence-electron chi connectivity index (χ2n) is 5.45. The van der Waals surface area contributed by atoms with E-state index in [0.717, 1.165) is 25.1 Å². The molecular formula is C17H20NO2+. The molecule has 0 spiro atoms. The number of hydrogen-bond acceptors (Lipinski definition) is 2. The average molecular weight is 270 g/mol. The first-order valence-electron chi connectivity index (χ1n) is 7.14. The summed E-state index contributed by atoms with van der Waals surface area (Å²) in [6, 6.07) is 14.4. The molecule has 1 fully saturated rings. The standard InChI is InChI=1S/C17H20NO2/c19-13-15-10-17(11-15)20-16-6-8-18(9-7-16)12-14-4-2-1-3-5-14/h1-9,15,17,19H,10-13H2/q+1. The molecule has 1 saturated carbocycles. The molecule has 20 heavy (non-hydrogen) atoms. The highest BCUT2D eigenvalue weighted by Gasteiger charge is 2.30. The zero-order chi connectivity index (χ0) is 13.8. The van der Waals surface area contributed by atoms with Crippen molar-refractivity contribution in [2.24, 2.45) is 5.92 Å². The molecule has 3 nitrogen and oxygen atoms in total.